The van der Waals surface area contributed by atoms with Crippen molar-refractivity contribution in [3.8, 4) is 0 Å². The Kier molecular flexibility index (Phi) is 7.70. The molecule has 2 aromatic carbocycles. The van der Waals surface area contributed by atoms with Crippen LogP contribution in [0.25, 0.3) is 0 Å². The number of alkyl halides is 6. The number of benzene rings is 2. The average molecular weight is 526 g/mol. The maximum Gasteiger partial charge on any atom is 0.416 e. The van der Waals surface area contributed by atoms with Crippen molar-refractivity contribution < 1.29 is 39.3 Å². The van der Waals surface area contributed by atoms with E-state index in [2.05, 4.69) is 53.8 Å². The van der Waals surface area contributed by atoms with Crippen LogP contribution >= 0.6 is 22.6 Å². The van der Waals surface area contributed by atoms with Crippen molar-refractivity contribution in [1.82, 2.24) is 0 Å². The van der Waals surface area contributed by atoms with Gasteiger partial charge in [0, 0.05) is 3.57 Å². The van der Waals surface area contributed by atoms with E-state index in [9.17, 15) is 34.8 Å². The third-order valence-electron chi connectivity index (χ3n) is 3.18. The highest BCUT2D eigenvalue weighted by atomic mass is 127. The van der Waals surface area contributed by atoms with Gasteiger partial charge in [0.05, 0.1) is 16.0 Å². The number of aryl methyl sites for hydroxylation is 1. The van der Waals surface area contributed by atoms with Gasteiger partial charge in [0.25, 0.3) is 10.1 Å². The summed E-state index contributed by atoms with van der Waals surface area (Å²) >= 11 is 2.31. The topological polar surface area (TPSA) is 54.4 Å². The standard InChI is InChI=1S/C8H4F6O3S.C8H9I/c9-7(10,11)4-1-5(8(12,13)14)3-6(2-4)18(15,16)17;1-2-7-3-5-8(9)6-4-7/h1-3H,(H,15,16,17);3-6H,2H2,1H3. The highest BCUT2D eigenvalue weighted by molar-refractivity contribution is 14.1. The van der Waals surface area contributed by atoms with E-state index in [1.54, 1.807) is 0 Å². The second-order valence-electron chi connectivity index (χ2n) is 5.20. The van der Waals surface area contributed by atoms with Gasteiger partial charge < -0.3 is 0 Å². The van der Waals surface area contributed by atoms with Crippen LogP contribution in [0.15, 0.2) is 47.4 Å². The lowest BCUT2D eigenvalue weighted by molar-refractivity contribution is -0.143. The number of hydrogen-bond acceptors (Lipinski definition) is 2. The van der Waals surface area contributed by atoms with Crippen LogP contribution in [0.1, 0.15) is 23.6 Å². The van der Waals surface area contributed by atoms with E-state index in [4.69, 9.17) is 4.55 Å². The largest absolute Gasteiger partial charge is 0.416 e. The maximum atomic E-state index is 12.3. The van der Waals surface area contributed by atoms with Gasteiger partial charge in [-0.05, 0) is 64.9 Å². The molecule has 0 bridgehead atoms. The van der Waals surface area contributed by atoms with E-state index >= 15 is 0 Å². The normalized spacial score (nSPS) is 12.3. The van der Waals surface area contributed by atoms with Crippen molar-refractivity contribution in [2.75, 3.05) is 0 Å². The summed E-state index contributed by atoms with van der Waals surface area (Å²) in [6.45, 7) is 2.17. The van der Waals surface area contributed by atoms with Gasteiger partial charge in [0.2, 0.25) is 0 Å². The molecule has 0 amide bonds. The molecule has 0 radical (unpaired) electrons. The van der Waals surface area contributed by atoms with E-state index in [0.717, 1.165) is 6.42 Å². The first-order valence-electron chi connectivity index (χ1n) is 7.16. The first-order valence-corrected chi connectivity index (χ1v) is 9.68. The molecule has 0 aromatic heterocycles. The fraction of sp³-hybridized carbons (Fsp3) is 0.250. The van der Waals surface area contributed by atoms with Gasteiger partial charge >= 0.3 is 12.4 Å². The lowest BCUT2D eigenvalue weighted by Gasteiger charge is -2.12. The minimum absolute atomic E-state index is 0.0788. The first kappa shape index (κ1) is 23.7. The van der Waals surface area contributed by atoms with Crippen molar-refractivity contribution in [2.24, 2.45) is 0 Å². The summed E-state index contributed by atoms with van der Waals surface area (Å²) in [5, 5.41) is 0. The Bertz CT molecular complexity index is 842. The van der Waals surface area contributed by atoms with Gasteiger partial charge in [-0.3, -0.25) is 4.55 Å². The molecule has 150 valence electrons. The first-order chi connectivity index (χ1) is 12.1. The van der Waals surface area contributed by atoms with Gasteiger partial charge in [0.1, 0.15) is 0 Å². The molecular weight excluding hydrogens is 513 g/mol. The Balaban J connectivity index is 0.000000337. The zero-order valence-corrected chi connectivity index (χ0v) is 16.5. The minimum Gasteiger partial charge on any atom is -0.282 e. The van der Waals surface area contributed by atoms with Gasteiger partial charge in [-0.1, -0.05) is 19.1 Å². The fourth-order valence-corrected chi connectivity index (χ4v) is 2.71. The minimum atomic E-state index is -5.17. The molecule has 0 aliphatic heterocycles. The molecule has 1 N–H and O–H groups in total. The lowest BCUT2D eigenvalue weighted by Crippen LogP contribution is -2.13. The molecule has 0 spiro atoms. The van der Waals surface area contributed by atoms with Crippen LogP contribution in [0.3, 0.4) is 0 Å². The van der Waals surface area contributed by atoms with Gasteiger partial charge in [-0.2, -0.15) is 34.8 Å². The van der Waals surface area contributed by atoms with Crippen molar-refractivity contribution in [1.29, 1.82) is 0 Å². The Morgan fingerprint density at radius 2 is 1.30 bits per heavy atom. The lowest BCUT2D eigenvalue weighted by atomic mass is 10.1. The van der Waals surface area contributed by atoms with Crippen LogP contribution in [0, 0.1) is 3.57 Å². The molecule has 0 heterocycles. The van der Waals surface area contributed by atoms with E-state index in [1.165, 1.54) is 9.13 Å². The Morgan fingerprint density at radius 1 is 0.889 bits per heavy atom. The van der Waals surface area contributed by atoms with Gasteiger partial charge in [-0.25, -0.2) is 0 Å². The molecule has 3 nitrogen and oxygen atoms in total. The fourth-order valence-electron chi connectivity index (χ4n) is 1.80. The molecule has 2 aromatic rings. The quantitative estimate of drug-likeness (QED) is 0.305. The second kappa shape index (κ2) is 8.78. The predicted octanol–water partition coefficient (Wildman–Crippen LogP) is 5.82. The highest BCUT2D eigenvalue weighted by Crippen LogP contribution is 2.37. The van der Waals surface area contributed by atoms with Crippen molar-refractivity contribution in [2.45, 2.75) is 30.6 Å². The summed E-state index contributed by atoms with van der Waals surface area (Å²) in [7, 11) is -5.17. The van der Waals surface area contributed by atoms with Crippen molar-refractivity contribution in [3.05, 3.63) is 62.7 Å². The molecule has 27 heavy (non-hydrogen) atoms. The van der Waals surface area contributed by atoms with Crippen LogP contribution in [-0.4, -0.2) is 13.0 Å². The van der Waals surface area contributed by atoms with Crippen molar-refractivity contribution >= 4 is 32.7 Å². The van der Waals surface area contributed by atoms with Crippen molar-refractivity contribution in [3.63, 3.8) is 0 Å². The van der Waals surface area contributed by atoms with E-state index < -0.39 is 38.5 Å². The van der Waals surface area contributed by atoms with Gasteiger partial charge in [-0.15, -0.1) is 0 Å². The third kappa shape index (κ3) is 7.66. The maximum absolute atomic E-state index is 12.3. The molecule has 0 saturated heterocycles. The Morgan fingerprint density at radius 3 is 1.59 bits per heavy atom. The molecule has 0 unspecified atom stereocenters. The summed E-state index contributed by atoms with van der Waals surface area (Å²) < 4.78 is 105. The summed E-state index contributed by atoms with van der Waals surface area (Å²) in [5.41, 5.74) is -2.22. The zero-order valence-electron chi connectivity index (χ0n) is 13.6. The molecule has 0 saturated carbocycles. The molecule has 0 aliphatic carbocycles. The predicted molar refractivity (Wildman–Crippen MR) is 94.8 cm³/mol. The molecule has 2 rings (SSSR count). The number of hydrogen-bond donors (Lipinski definition) is 1. The van der Waals surface area contributed by atoms with Crippen LogP contribution < -0.4 is 0 Å². The van der Waals surface area contributed by atoms with Crippen LogP contribution in [0.2, 0.25) is 0 Å². The van der Waals surface area contributed by atoms with E-state index in [0.29, 0.717) is 0 Å². The molecule has 11 heteroatoms. The van der Waals surface area contributed by atoms with Crippen LogP contribution in [0.5, 0.6) is 0 Å². The van der Waals surface area contributed by atoms with Crippen LogP contribution in [0.4, 0.5) is 26.3 Å². The van der Waals surface area contributed by atoms with Gasteiger partial charge in [0.15, 0.2) is 0 Å². The SMILES string of the molecule is CCc1ccc(I)cc1.O=S(=O)(O)c1cc(C(F)(F)F)cc(C(F)(F)F)c1. The molecule has 0 aliphatic rings. The summed E-state index contributed by atoms with van der Waals surface area (Å²) in [6, 6.07) is 8.21. The number of halogens is 7. The molecule has 0 atom stereocenters. The highest BCUT2D eigenvalue weighted by Gasteiger charge is 2.38. The smallest absolute Gasteiger partial charge is 0.282 e. The summed E-state index contributed by atoms with van der Waals surface area (Å²) in [6.07, 6.45) is -9.20. The van der Waals surface area contributed by atoms with Crippen LogP contribution in [-0.2, 0) is 28.9 Å². The Labute approximate surface area is 165 Å². The second-order valence-corrected chi connectivity index (χ2v) is 7.86. The van der Waals surface area contributed by atoms with E-state index in [-0.39, 0.29) is 18.2 Å². The summed E-state index contributed by atoms with van der Waals surface area (Å²) in [4.78, 5) is -1.47. The van der Waals surface area contributed by atoms with E-state index in [1.807, 2.05) is 0 Å². The molecular formula is C16H13F6IO3S. The monoisotopic (exact) mass is 526 g/mol. The number of rotatable bonds is 2. The molecule has 0 fully saturated rings. The Hall–Kier alpha value is -1.34. The summed E-state index contributed by atoms with van der Waals surface area (Å²) in [5.74, 6) is 0. The zero-order chi connectivity index (χ0) is 21.0. The average Bonchev–Trinajstić information content (AvgIpc) is 2.53. The third-order valence-corrected chi connectivity index (χ3v) is 4.73.